The number of ketones is 1. The predicted molar refractivity (Wildman–Crippen MR) is 182 cm³/mol. The normalized spacial score (nSPS) is 16.3. The van der Waals surface area contributed by atoms with Crippen LogP contribution in [0.1, 0.15) is 30.6 Å². The fourth-order valence-electron chi connectivity index (χ4n) is 6.31. The number of ether oxygens (including phenoxy) is 1. The molecule has 2 aromatic heterocycles. The van der Waals surface area contributed by atoms with Crippen molar-refractivity contribution in [3.63, 3.8) is 0 Å². The summed E-state index contributed by atoms with van der Waals surface area (Å²) in [7, 11) is -2.25. The summed E-state index contributed by atoms with van der Waals surface area (Å²) in [6.45, 7) is 3.88. The lowest BCUT2D eigenvalue weighted by Crippen LogP contribution is -2.38. The van der Waals surface area contributed by atoms with Gasteiger partial charge in [0.25, 0.3) is 0 Å². The molecule has 1 aliphatic rings. The van der Waals surface area contributed by atoms with Crippen LogP contribution < -0.4 is 9.04 Å². The van der Waals surface area contributed by atoms with Crippen LogP contribution in [0.25, 0.3) is 55.6 Å². The Labute approximate surface area is 271 Å². The molecule has 1 atom stereocenters. The Balaban J connectivity index is 1.51. The number of anilines is 1. The van der Waals surface area contributed by atoms with Crippen LogP contribution in [0.15, 0.2) is 89.3 Å². The number of carbonyl (C=O) groups is 1. The molecule has 0 spiro atoms. The Morgan fingerprint density at radius 1 is 1.00 bits per heavy atom. The summed E-state index contributed by atoms with van der Waals surface area (Å²) in [5.41, 5.74) is 4.24. The minimum atomic E-state index is -3.72. The number of para-hydroxylation sites is 1. The molecule has 0 saturated heterocycles. The first-order valence-corrected chi connectivity index (χ1v) is 17.1. The molecule has 6 aromatic rings. The zero-order valence-electron chi connectivity index (χ0n) is 26.4. The monoisotopic (exact) mass is 652 g/mol. The number of fused-ring (bicyclic) bond motifs is 6. The highest BCUT2D eigenvalue weighted by atomic mass is 32.2. The van der Waals surface area contributed by atoms with Crippen molar-refractivity contribution in [2.75, 3.05) is 24.2 Å². The molecule has 0 fully saturated rings. The van der Waals surface area contributed by atoms with Crippen LogP contribution in [0.5, 0.6) is 5.75 Å². The van der Waals surface area contributed by atoms with E-state index in [-0.39, 0.29) is 18.8 Å². The zero-order valence-corrected chi connectivity index (χ0v) is 27.2. The van der Waals surface area contributed by atoms with Gasteiger partial charge in [0.1, 0.15) is 35.1 Å². The molecule has 3 heterocycles. The summed E-state index contributed by atoms with van der Waals surface area (Å²) in [6.07, 6.45) is 1.32. The van der Waals surface area contributed by atoms with Crippen LogP contribution in [0.4, 0.5) is 10.1 Å². The summed E-state index contributed by atoms with van der Waals surface area (Å²) in [5, 5.41) is 12.7. The quantitative estimate of drug-likeness (QED) is 0.186. The van der Waals surface area contributed by atoms with Gasteiger partial charge in [-0.1, -0.05) is 31.2 Å². The molecular weight excluding hydrogens is 619 g/mol. The number of nitrogens with zero attached hydrogens (tertiary/aromatic N) is 2. The molecule has 1 N–H and O–H groups in total. The molecule has 4 aromatic carbocycles. The SMILES string of the molecule is CCC(=O)c1c(-c2ccc(F)cc2)oc2cc(N(C)S(C)(=O)=O)c(-c3ccc4c(c3)-c3cc5ccccc5n3CC(C)(O)CO4)cc12. The molecule has 8 nitrogen and oxygen atoms in total. The molecule has 47 heavy (non-hydrogen) atoms. The van der Waals surface area contributed by atoms with Gasteiger partial charge >= 0.3 is 0 Å². The van der Waals surface area contributed by atoms with Crippen molar-refractivity contribution in [3.8, 4) is 39.5 Å². The zero-order chi connectivity index (χ0) is 33.2. The van der Waals surface area contributed by atoms with Crippen LogP contribution >= 0.6 is 0 Å². The molecular formula is C37H33FN2O6S. The molecule has 0 aliphatic carbocycles. The van der Waals surface area contributed by atoms with Crippen LogP contribution in [0.2, 0.25) is 0 Å². The Kier molecular flexibility index (Phi) is 7.25. The molecule has 7 rings (SSSR count). The van der Waals surface area contributed by atoms with Crippen molar-refractivity contribution in [1.82, 2.24) is 4.57 Å². The second-order valence-corrected chi connectivity index (χ2v) is 14.4. The van der Waals surface area contributed by atoms with Gasteiger partial charge in [0.05, 0.1) is 29.7 Å². The van der Waals surface area contributed by atoms with Gasteiger partial charge in [-0.3, -0.25) is 9.10 Å². The predicted octanol–water partition coefficient (Wildman–Crippen LogP) is 7.66. The Hall–Kier alpha value is -4.93. The fraction of sp³-hybridized carbons (Fsp3) is 0.216. The minimum Gasteiger partial charge on any atom is -0.490 e. The molecule has 240 valence electrons. The molecule has 1 aliphatic heterocycles. The maximum Gasteiger partial charge on any atom is 0.232 e. The number of carbonyl (C=O) groups excluding carboxylic acids is 1. The van der Waals surface area contributed by atoms with Crippen molar-refractivity contribution in [3.05, 3.63) is 96.3 Å². The summed E-state index contributed by atoms with van der Waals surface area (Å²) in [6, 6.07) is 24.7. The van der Waals surface area contributed by atoms with Gasteiger partial charge in [-0.05, 0) is 67.1 Å². The number of hydrogen-bond donors (Lipinski definition) is 1. The van der Waals surface area contributed by atoms with Gasteiger partial charge in [-0.25, -0.2) is 12.8 Å². The number of sulfonamides is 1. The summed E-state index contributed by atoms with van der Waals surface area (Å²) in [5.74, 6) is 0.278. The van der Waals surface area contributed by atoms with Gasteiger partial charge in [0.15, 0.2) is 5.78 Å². The number of hydrogen-bond acceptors (Lipinski definition) is 6. The number of aromatic nitrogens is 1. The lowest BCUT2D eigenvalue weighted by atomic mass is 9.94. The lowest BCUT2D eigenvalue weighted by molar-refractivity contribution is -0.00290. The maximum absolute atomic E-state index is 13.8. The average molecular weight is 653 g/mol. The third-order valence-electron chi connectivity index (χ3n) is 8.76. The largest absolute Gasteiger partial charge is 0.490 e. The second-order valence-electron chi connectivity index (χ2n) is 12.4. The molecule has 0 radical (unpaired) electrons. The van der Waals surface area contributed by atoms with E-state index in [9.17, 15) is 22.7 Å². The van der Waals surface area contributed by atoms with Crippen molar-refractivity contribution >= 4 is 43.4 Å². The topological polar surface area (TPSA) is 102 Å². The van der Waals surface area contributed by atoms with Gasteiger partial charge < -0.3 is 18.8 Å². The van der Waals surface area contributed by atoms with Gasteiger partial charge in [0.2, 0.25) is 10.0 Å². The standard InChI is InChI=1S/C37H33FN2O6S/c1-5-32(41)35-28-18-26(30(39(3)47(4,43)44)19-34(28)46-36(35)22-10-13-25(38)14-11-22)23-12-15-33-27(16-23)31-17-24-8-6-7-9-29(24)40(31)20-37(2,42)21-45-33/h6-19,42H,5,20-21H2,1-4H3. The second kappa shape index (κ2) is 11.1. The van der Waals surface area contributed by atoms with Crippen LogP contribution in [-0.4, -0.2) is 49.4 Å². The number of halogens is 1. The van der Waals surface area contributed by atoms with E-state index in [1.54, 1.807) is 38.1 Å². The number of rotatable bonds is 6. The number of Topliss-reactive ketones (excluding diaryl/α,β-unsaturated/α-hetero) is 1. The third-order valence-corrected chi connectivity index (χ3v) is 9.96. The highest BCUT2D eigenvalue weighted by molar-refractivity contribution is 7.92. The van der Waals surface area contributed by atoms with E-state index in [2.05, 4.69) is 10.6 Å². The highest BCUT2D eigenvalue weighted by Gasteiger charge is 2.30. The van der Waals surface area contributed by atoms with Crippen LogP contribution in [0, 0.1) is 5.82 Å². The summed E-state index contributed by atoms with van der Waals surface area (Å²) >= 11 is 0. The average Bonchev–Trinajstić information content (AvgIpc) is 3.59. The van der Waals surface area contributed by atoms with Gasteiger partial charge in [0, 0.05) is 52.5 Å². The Bertz CT molecular complexity index is 2320. The molecule has 0 amide bonds. The van der Waals surface area contributed by atoms with E-state index in [0.29, 0.717) is 57.0 Å². The van der Waals surface area contributed by atoms with E-state index in [0.717, 1.165) is 28.4 Å². The minimum absolute atomic E-state index is 0.0724. The highest BCUT2D eigenvalue weighted by Crippen LogP contribution is 2.45. The molecule has 0 bridgehead atoms. The summed E-state index contributed by atoms with van der Waals surface area (Å²) < 4.78 is 55.3. The number of aliphatic hydroxyl groups is 1. The summed E-state index contributed by atoms with van der Waals surface area (Å²) in [4.78, 5) is 13.4. The van der Waals surface area contributed by atoms with Crippen molar-refractivity contribution in [1.29, 1.82) is 0 Å². The van der Waals surface area contributed by atoms with Crippen LogP contribution in [0.3, 0.4) is 0 Å². The van der Waals surface area contributed by atoms with Crippen LogP contribution in [-0.2, 0) is 16.6 Å². The fourth-order valence-corrected chi connectivity index (χ4v) is 6.82. The van der Waals surface area contributed by atoms with Gasteiger partial charge in [-0.15, -0.1) is 0 Å². The smallest absolute Gasteiger partial charge is 0.232 e. The van der Waals surface area contributed by atoms with E-state index in [1.807, 2.05) is 42.5 Å². The third kappa shape index (κ3) is 5.37. The first kappa shape index (κ1) is 30.7. The molecule has 0 saturated carbocycles. The Morgan fingerprint density at radius 2 is 1.72 bits per heavy atom. The van der Waals surface area contributed by atoms with Crippen molar-refractivity contribution in [2.24, 2.45) is 0 Å². The molecule has 10 heteroatoms. The van der Waals surface area contributed by atoms with E-state index < -0.39 is 21.4 Å². The maximum atomic E-state index is 13.8. The van der Waals surface area contributed by atoms with E-state index >= 15 is 0 Å². The number of furan rings is 1. The van der Waals surface area contributed by atoms with Gasteiger partial charge in [-0.2, -0.15) is 0 Å². The van der Waals surface area contributed by atoms with Crippen molar-refractivity contribution < 1.29 is 31.9 Å². The number of benzene rings is 4. The first-order chi connectivity index (χ1) is 22.3. The lowest BCUT2D eigenvalue weighted by Gasteiger charge is -2.29. The molecule has 1 unspecified atom stereocenters. The first-order valence-electron chi connectivity index (χ1n) is 15.3. The van der Waals surface area contributed by atoms with E-state index in [4.69, 9.17) is 9.15 Å². The van der Waals surface area contributed by atoms with E-state index in [1.165, 1.54) is 23.5 Å². The Morgan fingerprint density at radius 3 is 2.45 bits per heavy atom. The van der Waals surface area contributed by atoms with Crippen molar-refractivity contribution in [2.45, 2.75) is 32.4 Å².